The fourth-order valence-electron chi connectivity index (χ4n) is 3.12. The van der Waals surface area contributed by atoms with Gasteiger partial charge in [-0.1, -0.05) is 36.4 Å². The summed E-state index contributed by atoms with van der Waals surface area (Å²) in [5.41, 5.74) is 7.87. The Bertz CT molecular complexity index is 864. The number of fused-ring (bicyclic) bond motifs is 1. The van der Waals surface area contributed by atoms with Gasteiger partial charge in [-0.2, -0.15) is 5.10 Å². The van der Waals surface area contributed by atoms with E-state index in [2.05, 4.69) is 53.2 Å². The van der Waals surface area contributed by atoms with Crippen LogP contribution in [-0.2, 0) is 13.1 Å². The summed E-state index contributed by atoms with van der Waals surface area (Å²) in [4.78, 5) is 0. The minimum absolute atomic E-state index is 0.631. The average molecular weight is 321 g/mol. The molecule has 0 amide bonds. The van der Waals surface area contributed by atoms with Gasteiger partial charge in [0.05, 0.1) is 19.9 Å². The number of aromatic nitrogens is 1. The van der Waals surface area contributed by atoms with Crippen LogP contribution in [0.2, 0.25) is 0 Å². The van der Waals surface area contributed by atoms with E-state index in [4.69, 9.17) is 4.74 Å². The summed E-state index contributed by atoms with van der Waals surface area (Å²) in [6.45, 7) is 5.90. The fraction of sp³-hybridized carbons (Fsp3) is 0.250. The van der Waals surface area contributed by atoms with Crippen LogP contribution >= 0.6 is 0 Å². The largest absolute Gasteiger partial charge is 0.496 e. The Morgan fingerprint density at radius 2 is 1.88 bits per heavy atom. The molecule has 4 nitrogen and oxygen atoms in total. The summed E-state index contributed by atoms with van der Waals surface area (Å²) < 4.78 is 7.68. The lowest BCUT2D eigenvalue weighted by molar-refractivity contribution is 0.408. The van der Waals surface area contributed by atoms with E-state index in [1.807, 2.05) is 30.5 Å². The van der Waals surface area contributed by atoms with Crippen molar-refractivity contribution in [2.75, 3.05) is 7.11 Å². The molecule has 2 aromatic carbocycles. The fourth-order valence-corrected chi connectivity index (χ4v) is 3.12. The number of ether oxygens (including phenoxy) is 1. The lowest BCUT2D eigenvalue weighted by Crippen LogP contribution is -2.07. The van der Waals surface area contributed by atoms with Gasteiger partial charge in [0, 0.05) is 34.3 Å². The molecule has 3 aromatic rings. The molecule has 0 saturated heterocycles. The molecule has 0 spiro atoms. The van der Waals surface area contributed by atoms with E-state index in [0.717, 1.165) is 17.9 Å². The summed E-state index contributed by atoms with van der Waals surface area (Å²) in [5.74, 6) is 0.874. The molecule has 1 heterocycles. The molecule has 0 aliphatic carbocycles. The molecule has 0 radical (unpaired) electrons. The van der Waals surface area contributed by atoms with Crippen molar-refractivity contribution in [2.45, 2.75) is 26.9 Å². The second kappa shape index (κ2) is 7.21. The predicted octanol–water partition coefficient (Wildman–Crippen LogP) is 4.10. The quantitative estimate of drug-likeness (QED) is 0.548. The van der Waals surface area contributed by atoms with Crippen molar-refractivity contribution >= 4 is 17.1 Å². The number of methoxy groups -OCH3 is 1. The van der Waals surface area contributed by atoms with Crippen molar-refractivity contribution in [1.29, 1.82) is 0 Å². The zero-order chi connectivity index (χ0) is 16.9. The van der Waals surface area contributed by atoms with Gasteiger partial charge >= 0.3 is 0 Å². The Kier molecular flexibility index (Phi) is 4.85. The molecular weight excluding hydrogens is 298 g/mol. The van der Waals surface area contributed by atoms with Crippen molar-refractivity contribution in [2.24, 2.45) is 5.10 Å². The van der Waals surface area contributed by atoms with E-state index >= 15 is 0 Å². The molecule has 1 N–H and O–H groups in total. The van der Waals surface area contributed by atoms with Gasteiger partial charge < -0.3 is 14.7 Å². The van der Waals surface area contributed by atoms with Gasteiger partial charge in [0.2, 0.25) is 0 Å². The Hall–Kier alpha value is -2.75. The van der Waals surface area contributed by atoms with E-state index in [1.165, 1.54) is 22.2 Å². The summed E-state index contributed by atoms with van der Waals surface area (Å²) in [7, 11) is 1.69. The summed E-state index contributed by atoms with van der Waals surface area (Å²) in [6.07, 6.45) is 1.92. The van der Waals surface area contributed by atoms with Crippen molar-refractivity contribution < 1.29 is 4.74 Å². The second-order valence-electron chi connectivity index (χ2n) is 5.67. The van der Waals surface area contributed by atoms with Crippen molar-refractivity contribution in [3.63, 3.8) is 0 Å². The highest BCUT2D eigenvalue weighted by Crippen LogP contribution is 2.24. The van der Waals surface area contributed by atoms with Crippen molar-refractivity contribution in [3.05, 3.63) is 65.4 Å². The van der Waals surface area contributed by atoms with E-state index < -0.39 is 0 Å². The monoisotopic (exact) mass is 321 g/mol. The zero-order valence-electron chi connectivity index (χ0n) is 14.4. The van der Waals surface area contributed by atoms with Crippen LogP contribution in [0.4, 0.5) is 0 Å². The number of aryl methyl sites for hydroxylation is 1. The number of hydrogen-bond donors (Lipinski definition) is 1. The third-order valence-electron chi connectivity index (χ3n) is 4.34. The molecule has 0 unspecified atom stereocenters. The lowest BCUT2D eigenvalue weighted by atomic mass is 10.1. The molecule has 0 atom stereocenters. The summed E-state index contributed by atoms with van der Waals surface area (Å²) in [6, 6.07) is 16.4. The van der Waals surface area contributed by atoms with Crippen LogP contribution in [0, 0.1) is 6.92 Å². The molecular formula is C20H23N3O. The van der Waals surface area contributed by atoms with Crippen LogP contribution in [0.5, 0.6) is 5.75 Å². The highest BCUT2D eigenvalue weighted by molar-refractivity contribution is 6.01. The lowest BCUT2D eigenvalue weighted by Gasteiger charge is -2.07. The number of nitrogens with zero attached hydrogens (tertiary/aromatic N) is 2. The van der Waals surface area contributed by atoms with E-state index in [1.54, 1.807) is 7.11 Å². The van der Waals surface area contributed by atoms with E-state index in [-0.39, 0.29) is 0 Å². The first-order valence-corrected chi connectivity index (χ1v) is 8.22. The summed E-state index contributed by atoms with van der Waals surface area (Å²) in [5, 5.41) is 5.66. The Morgan fingerprint density at radius 1 is 1.12 bits per heavy atom. The number of benzene rings is 2. The Morgan fingerprint density at radius 3 is 2.67 bits per heavy atom. The maximum atomic E-state index is 5.36. The molecule has 4 heteroatoms. The number of hydrazone groups is 1. The molecule has 3 rings (SSSR count). The highest BCUT2D eigenvalue weighted by atomic mass is 16.5. The molecule has 0 bridgehead atoms. The maximum Gasteiger partial charge on any atom is 0.123 e. The SMILES string of the molecule is CCn1c(C)c(/C=N/NCc2ccccc2OC)c2ccccc21. The van der Waals surface area contributed by atoms with Crippen LogP contribution in [0.3, 0.4) is 0 Å². The number of para-hydroxylation sites is 2. The minimum atomic E-state index is 0.631. The first kappa shape index (κ1) is 16.1. The van der Waals surface area contributed by atoms with Crippen molar-refractivity contribution in [1.82, 2.24) is 9.99 Å². The van der Waals surface area contributed by atoms with Gasteiger partial charge in [0.15, 0.2) is 0 Å². The topological polar surface area (TPSA) is 38.5 Å². The van der Waals surface area contributed by atoms with Gasteiger partial charge in [-0.25, -0.2) is 0 Å². The van der Waals surface area contributed by atoms with Crippen LogP contribution in [-0.4, -0.2) is 17.9 Å². The van der Waals surface area contributed by atoms with Crippen LogP contribution in [0.1, 0.15) is 23.7 Å². The molecule has 1 aromatic heterocycles. The highest BCUT2D eigenvalue weighted by Gasteiger charge is 2.10. The predicted molar refractivity (Wildman–Crippen MR) is 99.8 cm³/mol. The van der Waals surface area contributed by atoms with Gasteiger partial charge in [-0.15, -0.1) is 0 Å². The van der Waals surface area contributed by atoms with Gasteiger partial charge in [0.25, 0.3) is 0 Å². The smallest absolute Gasteiger partial charge is 0.123 e. The van der Waals surface area contributed by atoms with Gasteiger partial charge in [-0.3, -0.25) is 0 Å². The Labute approximate surface area is 142 Å². The molecule has 124 valence electrons. The van der Waals surface area contributed by atoms with E-state index in [0.29, 0.717) is 6.54 Å². The third-order valence-corrected chi connectivity index (χ3v) is 4.34. The van der Waals surface area contributed by atoms with Gasteiger partial charge in [-0.05, 0) is 26.0 Å². The number of rotatable bonds is 6. The molecule has 0 aliphatic heterocycles. The van der Waals surface area contributed by atoms with E-state index in [9.17, 15) is 0 Å². The first-order chi connectivity index (χ1) is 11.8. The Balaban J connectivity index is 1.80. The standard InChI is InChI=1S/C20H23N3O/c1-4-23-15(2)18(17-10-6-7-11-19(17)23)14-22-21-13-16-9-5-8-12-20(16)24-3/h5-12,14,21H,4,13H2,1-3H3/b22-14+. The minimum Gasteiger partial charge on any atom is -0.496 e. The number of hydrogen-bond acceptors (Lipinski definition) is 3. The molecule has 0 fully saturated rings. The summed E-state index contributed by atoms with van der Waals surface area (Å²) >= 11 is 0. The molecule has 24 heavy (non-hydrogen) atoms. The normalized spacial score (nSPS) is 11.3. The molecule has 0 saturated carbocycles. The molecule has 0 aliphatic rings. The third kappa shape index (κ3) is 3.00. The maximum absolute atomic E-state index is 5.36. The van der Waals surface area contributed by atoms with Crippen LogP contribution in [0.25, 0.3) is 10.9 Å². The zero-order valence-corrected chi connectivity index (χ0v) is 14.4. The van der Waals surface area contributed by atoms with Crippen LogP contribution in [0.15, 0.2) is 53.6 Å². The number of nitrogens with one attached hydrogen (secondary N) is 1. The van der Waals surface area contributed by atoms with Crippen molar-refractivity contribution in [3.8, 4) is 5.75 Å². The van der Waals surface area contributed by atoms with Gasteiger partial charge in [0.1, 0.15) is 5.75 Å². The first-order valence-electron chi connectivity index (χ1n) is 8.22. The van der Waals surface area contributed by atoms with Crippen LogP contribution < -0.4 is 10.2 Å². The average Bonchev–Trinajstić information content (AvgIpc) is 2.90. The second-order valence-corrected chi connectivity index (χ2v) is 5.67.